The summed E-state index contributed by atoms with van der Waals surface area (Å²) >= 11 is 4.97. The van der Waals surface area contributed by atoms with Gasteiger partial charge in [0.1, 0.15) is 0 Å². The molecule has 0 aliphatic carbocycles. The fourth-order valence-electron chi connectivity index (χ4n) is 2.63. The molecule has 17 heavy (non-hydrogen) atoms. The number of hydrogen-bond donors (Lipinski definition) is 1. The number of halogens is 2. The van der Waals surface area contributed by atoms with E-state index in [2.05, 4.69) is 21.2 Å². The van der Waals surface area contributed by atoms with Crippen LogP contribution in [0.15, 0.2) is 15.2 Å². The van der Waals surface area contributed by atoms with Crippen molar-refractivity contribution in [2.75, 3.05) is 26.2 Å². The molecule has 3 rings (SSSR count). The molecule has 94 valence electrons. The first-order valence-electron chi connectivity index (χ1n) is 5.48. The summed E-state index contributed by atoms with van der Waals surface area (Å²) in [5.74, 6) is 1.54. The van der Waals surface area contributed by atoms with Crippen LogP contribution >= 0.6 is 39.7 Å². The van der Waals surface area contributed by atoms with Gasteiger partial charge in [0.25, 0.3) is 5.91 Å². The molecule has 2 aliphatic heterocycles. The molecule has 0 saturated carbocycles. The largest absolute Gasteiger partial charge is 0.338 e. The zero-order valence-electron chi connectivity index (χ0n) is 9.19. The molecule has 6 heteroatoms. The fourth-order valence-corrected chi connectivity index (χ4v) is 3.76. The van der Waals surface area contributed by atoms with Crippen LogP contribution < -0.4 is 5.32 Å². The summed E-state index contributed by atoms with van der Waals surface area (Å²) in [5.41, 5.74) is 0.824. The normalized spacial score (nSPS) is 26.8. The maximum Gasteiger partial charge on any atom is 0.254 e. The Kier molecular flexibility index (Phi) is 4.13. The smallest absolute Gasteiger partial charge is 0.254 e. The van der Waals surface area contributed by atoms with E-state index in [9.17, 15) is 4.79 Å². The van der Waals surface area contributed by atoms with Gasteiger partial charge in [0, 0.05) is 31.6 Å². The van der Waals surface area contributed by atoms with E-state index < -0.39 is 0 Å². The summed E-state index contributed by atoms with van der Waals surface area (Å²) in [4.78, 5) is 14.2. The van der Waals surface area contributed by atoms with Crippen LogP contribution in [-0.2, 0) is 0 Å². The Hall–Kier alpha value is -0.100. The van der Waals surface area contributed by atoms with Gasteiger partial charge in [-0.15, -0.1) is 23.7 Å². The van der Waals surface area contributed by atoms with Crippen molar-refractivity contribution in [3.63, 3.8) is 0 Å². The lowest BCUT2D eigenvalue weighted by Crippen LogP contribution is -2.31. The predicted molar refractivity (Wildman–Crippen MR) is 75.0 cm³/mol. The Morgan fingerprint density at radius 1 is 1.41 bits per heavy atom. The molecule has 3 nitrogen and oxygen atoms in total. The topological polar surface area (TPSA) is 32.3 Å². The van der Waals surface area contributed by atoms with E-state index in [-0.39, 0.29) is 18.3 Å². The molecule has 0 aromatic carbocycles. The second-order valence-electron chi connectivity index (χ2n) is 4.53. The number of nitrogens with zero attached hydrogens (tertiary/aromatic N) is 1. The lowest BCUT2D eigenvalue weighted by molar-refractivity contribution is 0.0782. The molecular weight excluding hydrogens is 324 g/mol. The van der Waals surface area contributed by atoms with E-state index in [1.807, 2.05) is 16.3 Å². The molecule has 2 fully saturated rings. The third kappa shape index (κ3) is 2.52. The number of fused-ring (bicyclic) bond motifs is 1. The highest BCUT2D eigenvalue weighted by Gasteiger charge is 2.38. The van der Waals surface area contributed by atoms with Gasteiger partial charge in [-0.3, -0.25) is 4.79 Å². The standard InChI is InChI=1S/C11H13BrN2OS.ClH/c12-10-1-7(6-16-10)11(15)14-4-8-2-13-3-9(8)5-14;/h1,6,8-9,13H,2-5H2;1H/t8-,9+;. The van der Waals surface area contributed by atoms with Crippen molar-refractivity contribution in [2.24, 2.45) is 11.8 Å². The fraction of sp³-hybridized carbons (Fsp3) is 0.545. The van der Waals surface area contributed by atoms with E-state index >= 15 is 0 Å². The van der Waals surface area contributed by atoms with E-state index in [4.69, 9.17) is 0 Å². The Balaban J connectivity index is 0.00000108. The van der Waals surface area contributed by atoms with Crippen molar-refractivity contribution < 1.29 is 4.79 Å². The summed E-state index contributed by atoms with van der Waals surface area (Å²) in [6, 6.07) is 1.92. The second-order valence-corrected chi connectivity index (χ2v) is 6.82. The number of hydrogen-bond acceptors (Lipinski definition) is 3. The van der Waals surface area contributed by atoms with Crippen LogP contribution in [0.5, 0.6) is 0 Å². The minimum absolute atomic E-state index is 0. The van der Waals surface area contributed by atoms with Gasteiger partial charge in [0.05, 0.1) is 9.35 Å². The van der Waals surface area contributed by atoms with Crippen molar-refractivity contribution in [3.05, 3.63) is 20.8 Å². The Bertz CT molecular complexity index is 413. The molecule has 1 aromatic rings. The predicted octanol–water partition coefficient (Wildman–Crippen LogP) is 2.22. The van der Waals surface area contributed by atoms with Crippen molar-refractivity contribution in [3.8, 4) is 0 Å². The average molecular weight is 338 g/mol. The molecule has 2 aliphatic rings. The van der Waals surface area contributed by atoms with Gasteiger partial charge in [0.15, 0.2) is 0 Å². The minimum Gasteiger partial charge on any atom is -0.338 e. The summed E-state index contributed by atoms with van der Waals surface area (Å²) in [7, 11) is 0. The maximum atomic E-state index is 12.2. The molecule has 2 atom stereocenters. The van der Waals surface area contributed by atoms with Crippen LogP contribution in [0.1, 0.15) is 10.4 Å². The highest BCUT2D eigenvalue weighted by molar-refractivity contribution is 9.11. The van der Waals surface area contributed by atoms with Crippen molar-refractivity contribution in [2.45, 2.75) is 0 Å². The Morgan fingerprint density at radius 3 is 2.59 bits per heavy atom. The quantitative estimate of drug-likeness (QED) is 0.852. The molecule has 0 radical (unpaired) electrons. The molecule has 1 aromatic heterocycles. The van der Waals surface area contributed by atoms with Gasteiger partial charge < -0.3 is 10.2 Å². The molecule has 0 bridgehead atoms. The lowest BCUT2D eigenvalue weighted by atomic mass is 10.0. The molecular formula is C11H14BrClN2OS. The minimum atomic E-state index is 0. The van der Waals surface area contributed by atoms with Gasteiger partial charge in [-0.05, 0) is 33.8 Å². The first-order chi connectivity index (χ1) is 7.74. The van der Waals surface area contributed by atoms with Crippen LogP contribution in [0, 0.1) is 11.8 Å². The summed E-state index contributed by atoms with van der Waals surface area (Å²) in [6.07, 6.45) is 0. The van der Waals surface area contributed by atoms with Gasteiger partial charge in [-0.1, -0.05) is 0 Å². The SMILES string of the molecule is Cl.O=C(c1csc(Br)c1)N1C[C@H]2CNC[C@H]2C1. The maximum absolute atomic E-state index is 12.2. The first-order valence-corrected chi connectivity index (χ1v) is 7.15. The highest BCUT2D eigenvalue weighted by Crippen LogP contribution is 2.29. The monoisotopic (exact) mass is 336 g/mol. The number of thiophene rings is 1. The van der Waals surface area contributed by atoms with Gasteiger partial charge in [-0.25, -0.2) is 0 Å². The van der Waals surface area contributed by atoms with Gasteiger partial charge in [-0.2, -0.15) is 0 Å². The van der Waals surface area contributed by atoms with E-state index in [1.54, 1.807) is 11.3 Å². The number of carbonyl (C=O) groups excluding carboxylic acids is 1. The number of likely N-dealkylation sites (tertiary alicyclic amines) is 1. The number of rotatable bonds is 1. The van der Waals surface area contributed by atoms with Crippen molar-refractivity contribution in [1.82, 2.24) is 10.2 Å². The van der Waals surface area contributed by atoms with Gasteiger partial charge in [0.2, 0.25) is 0 Å². The highest BCUT2D eigenvalue weighted by atomic mass is 79.9. The zero-order valence-corrected chi connectivity index (χ0v) is 12.4. The molecule has 0 spiro atoms. The summed E-state index contributed by atoms with van der Waals surface area (Å²) < 4.78 is 1.02. The van der Waals surface area contributed by atoms with E-state index in [0.29, 0.717) is 11.8 Å². The van der Waals surface area contributed by atoms with Crippen LogP contribution in [0.3, 0.4) is 0 Å². The average Bonchev–Trinajstić information content (AvgIpc) is 2.89. The molecule has 0 unspecified atom stereocenters. The lowest BCUT2D eigenvalue weighted by Gasteiger charge is -2.16. The second kappa shape index (κ2) is 5.26. The van der Waals surface area contributed by atoms with Crippen LogP contribution in [0.2, 0.25) is 0 Å². The Morgan fingerprint density at radius 2 is 2.06 bits per heavy atom. The van der Waals surface area contributed by atoms with Crippen molar-refractivity contribution >= 4 is 45.6 Å². The van der Waals surface area contributed by atoms with E-state index in [1.165, 1.54) is 0 Å². The molecule has 2 saturated heterocycles. The van der Waals surface area contributed by atoms with Crippen LogP contribution in [0.4, 0.5) is 0 Å². The van der Waals surface area contributed by atoms with Crippen LogP contribution in [-0.4, -0.2) is 37.0 Å². The van der Waals surface area contributed by atoms with Gasteiger partial charge >= 0.3 is 0 Å². The van der Waals surface area contributed by atoms with Crippen LogP contribution in [0.25, 0.3) is 0 Å². The number of amides is 1. The molecule has 1 N–H and O–H groups in total. The number of carbonyl (C=O) groups is 1. The summed E-state index contributed by atoms with van der Waals surface area (Å²) in [6.45, 7) is 3.98. The number of nitrogens with one attached hydrogen (secondary N) is 1. The Labute approximate surface area is 119 Å². The van der Waals surface area contributed by atoms with Crippen molar-refractivity contribution in [1.29, 1.82) is 0 Å². The third-order valence-electron chi connectivity index (χ3n) is 3.49. The summed E-state index contributed by atoms with van der Waals surface area (Å²) in [5, 5.41) is 5.31. The molecule has 3 heterocycles. The van der Waals surface area contributed by atoms with E-state index in [0.717, 1.165) is 35.5 Å². The molecule has 1 amide bonds. The first kappa shape index (κ1) is 13.3. The third-order valence-corrected chi connectivity index (χ3v) is 5.00. The zero-order chi connectivity index (χ0) is 11.1.